The van der Waals surface area contributed by atoms with Crippen LogP contribution < -0.4 is 4.74 Å². The Labute approximate surface area is 179 Å². The first-order valence-corrected chi connectivity index (χ1v) is 10.4. The summed E-state index contributed by atoms with van der Waals surface area (Å²) in [5.41, 5.74) is 2.56. The third-order valence-electron chi connectivity index (χ3n) is 5.47. The Bertz CT molecular complexity index is 1200. The standard InChI is InChI=1S/C22H24N6O3/c1-30-16-5-6-17-18(12-16)28(20-4-2-3-11-31-20)26-21(17)22-23-9-7-19(25-22)27-14-15(8-10-29)13-24-27/h5-7,9,12-14,20,29H,2-4,8,10-11H2,1H3. The van der Waals surface area contributed by atoms with Crippen LogP contribution in [0.4, 0.5) is 0 Å². The second-order valence-electron chi connectivity index (χ2n) is 7.50. The van der Waals surface area contributed by atoms with Crippen LogP contribution in [0.2, 0.25) is 0 Å². The van der Waals surface area contributed by atoms with Gasteiger partial charge in [-0.05, 0) is 43.4 Å². The molecule has 1 fully saturated rings. The van der Waals surface area contributed by atoms with Crippen LogP contribution in [0, 0.1) is 0 Å². The van der Waals surface area contributed by atoms with Crippen LogP contribution in [-0.2, 0) is 11.2 Å². The lowest BCUT2D eigenvalue weighted by molar-refractivity contribution is -0.0365. The number of nitrogens with zero attached hydrogens (tertiary/aromatic N) is 6. The predicted molar refractivity (Wildman–Crippen MR) is 114 cm³/mol. The largest absolute Gasteiger partial charge is 0.497 e. The van der Waals surface area contributed by atoms with Gasteiger partial charge in [-0.1, -0.05) is 0 Å². The molecule has 9 nitrogen and oxygen atoms in total. The highest BCUT2D eigenvalue weighted by Gasteiger charge is 2.23. The summed E-state index contributed by atoms with van der Waals surface area (Å²) < 4.78 is 15.0. The Morgan fingerprint density at radius 1 is 1.26 bits per heavy atom. The number of aliphatic hydroxyl groups excluding tert-OH is 1. The summed E-state index contributed by atoms with van der Waals surface area (Å²) in [5.74, 6) is 1.92. The zero-order valence-corrected chi connectivity index (χ0v) is 17.3. The molecule has 4 heterocycles. The van der Waals surface area contributed by atoms with Gasteiger partial charge in [-0.2, -0.15) is 10.2 Å². The first kappa shape index (κ1) is 19.7. The first-order valence-electron chi connectivity index (χ1n) is 10.4. The number of methoxy groups -OCH3 is 1. The van der Waals surface area contributed by atoms with Gasteiger partial charge < -0.3 is 14.6 Å². The van der Waals surface area contributed by atoms with Crippen LogP contribution in [0.15, 0.2) is 42.9 Å². The maximum Gasteiger partial charge on any atom is 0.182 e. The van der Waals surface area contributed by atoms with Crippen molar-refractivity contribution in [2.75, 3.05) is 20.3 Å². The zero-order valence-electron chi connectivity index (χ0n) is 17.3. The summed E-state index contributed by atoms with van der Waals surface area (Å²) in [4.78, 5) is 9.21. The number of aromatic nitrogens is 6. The normalized spacial score (nSPS) is 16.6. The highest BCUT2D eigenvalue weighted by Crippen LogP contribution is 2.33. The predicted octanol–water partition coefficient (Wildman–Crippen LogP) is 2.92. The van der Waals surface area contributed by atoms with E-state index in [4.69, 9.17) is 24.7 Å². The van der Waals surface area contributed by atoms with E-state index in [1.807, 2.05) is 29.1 Å². The molecule has 0 aliphatic carbocycles. The van der Waals surface area contributed by atoms with E-state index in [0.29, 0.717) is 23.8 Å². The van der Waals surface area contributed by atoms with Crippen LogP contribution in [0.5, 0.6) is 5.75 Å². The van der Waals surface area contributed by atoms with Crippen molar-refractivity contribution < 1.29 is 14.6 Å². The quantitative estimate of drug-likeness (QED) is 0.512. The summed E-state index contributed by atoms with van der Waals surface area (Å²) in [6, 6.07) is 7.67. The van der Waals surface area contributed by atoms with E-state index < -0.39 is 0 Å². The second-order valence-corrected chi connectivity index (χ2v) is 7.50. The third kappa shape index (κ3) is 3.77. The van der Waals surface area contributed by atoms with Gasteiger partial charge in [-0.3, -0.25) is 0 Å². The van der Waals surface area contributed by atoms with Gasteiger partial charge in [0.2, 0.25) is 0 Å². The minimum absolute atomic E-state index is 0.0802. The molecule has 3 aromatic heterocycles. The molecular formula is C22H24N6O3. The fraction of sp³-hybridized carbons (Fsp3) is 0.364. The van der Waals surface area contributed by atoms with Crippen LogP contribution >= 0.6 is 0 Å². The summed E-state index contributed by atoms with van der Waals surface area (Å²) >= 11 is 0. The molecule has 0 radical (unpaired) electrons. The number of rotatable bonds is 6. The Hall–Kier alpha value is -3.30. The highest BCUT2D eigenvalue weighted by atomic mass is 16.5. The van der Waals surface area contributed by atoms with E-state index in [1.165, 1.54) is 0 Å². The lowest BCUT2D eigenvalue weighted by Gasteiger charge is -2.23. The number of hydrogen-bond acceptors (Lipinski definition) is 7. The highest BCUT2D eigenvalue weighted by molar-refractivity contribution is 5.92. The first-order chi connectivity index (χ1) is 15.3. The molecule has 4 aromatic rings. The third-order valence-corrected chi connectivity index (χ3v) is 5.47. The van der Waals surface area contributed by atoms with Crippen molar-refractivity contribution in [2.45, 2.75) is 31.9 Å². The van der Waals surface area contributed by atoms with Gasteiger partial charge in [-0.15, -0.1) is 0 Å². The monoisotopic (exact) mass is 420 g/mol. The molecule has 1 unspecified atom stereocenters. The molecule has 1 N–H and O–H groups in total. The average molecular weight is 420 g/mol. The van der Waals surface area contributed by atoms with Gasteiger partial charge in [0.25, 0.3) is 0 Å². The number of benzene rings is 1. The van der Waals surface area contributed by atoms with E-state index in [2.05, 4.69) is 10.1 Å². The second kappa shape index (κ2) is 8.44. The molecule has 1 aliphatic rings. The Morgan fingerprint density at radius 3 is 3.00 bits per heavy atom. The Morgan fingerprint density at radius 2 is 2.19 bits per heavy atom. The minimum atomic E-state index is -0.118. The Kier molecular flexibility index (Phi) is 5.35. The van der Waals surface area contributed by atoms with Crippen LogP contribution in [0.1, 0.15) is 31.1 Å². The molecule has 31 heavy (non-hydrogen) atoms. The lowest BCUT2D eigenvalue weighted by atomic mass is 10.1. The van der Waals surface area contributed by atoms with E-state index in [9.17, 15) is 0 Å². The number of fused-ring (bicyclic) bond motifs is 1. The maximum absolute atomic E-state index is 9.15. The fourth-order valence-electron chi connectivity index (χ4n) is 3.88. The van der Waals surface area contributed by atoms with Crippen LogP contribution in [-0.4, -0.2) is 55.0 Å². The summed E-state index contributed by atoms with van der Waals surface area (Å²) in [6.07, 6.45) is 8.81. The van der Waals surface area contributed by atoms with E-state index in [0.717, 1.165) is 48.1 Å². The van der Waals surface area contributed by atoms with E-state index >= 15 is 0 Å². The molecule has 0 bridgehead atoms. The van der Waals surface area contributed by atoms with Crippen molar-refractivity contribution >= 4 is 10.9 Å². The van der Waals surface area contributed by atoms with Gasteiger partial charge >= 0.3 is 0 Å². The van der Waals surface area contributed by atoms with Crippen molar-refractivity contribution in [3.8, 4) is 23.1 Å². The maximum atomic E-state index is 9.15. The topological polar surface area (TPSA) is 100 Å². The van der Waals surface area contributed by atoms with Crippen molar-refractivity contribution in [3.63, 3.8) is 0 Å². The molecule has 5 rings (SSSR count). The number of hydrogen-bond donors (Lipinski definition) is 1. The number of aliphatic hydroxyl groups is 1. The van der Waals surface area contributed by atoms with Crippen molar-refractivity contribution in [3.05, 3.63) is 48.4 Å². The van der Waals surface area contributed by atoms with Crippen molar-refractivity contribution in [1.82, 2.24) is 29.5 Å². The van der Waals surface area contributed by atoms with Gasteiger partial charge in [0.15, 0.2) is 17.9 Å². The molecule has 1 saturated heterocycles. The average Bonchev–Trinajstić information content (AvgIpc) is 3.44. The van der Waals surface area contributed by atoms with Gasteiger partial charge in [0.1, 0.15) is 11.4 Å². The lowest BCUT2D eigenvalue weighted by Crippen LogP contribution is -2.19. The molecule has 160 valence electrons. The molecule has 1 atom stereocenters. The molecule has 9 heteroatoms. The summed E-state index contributed by atoms with van der Waals surface area (Å²) in [7, 11) is 1.65. The smallest absolute Gasteiger partial charge is 0.182 e. The molecule has 0 amide bonds. The van der Waals surface area contributed by atoms with E-state index in [-0.39, 0.29) is 12.8 Å². The number of ether oxygens (including phenoxy) is 2. The summed E-state index contributed by atoms with van der Waals surface area (Å²) in [5, 5.41) is 19.3. The van der Waals surface area contributed by atoms with E-state index in [1.54, 1.807) is 30.3 Å². The minimum Gasteiger partial charge on any atom is -0.497 e. The molecule has 1 aliphatic heterocycles. The molecule has 1 aromatic carbocycles. The Balaban J connectivity index is 1.59. The van der Waals surface area contributed by atoms with Gasteiger partial charge in [0.05, 0.1) is 18.8 Å². The van der Waals surface area contributed by atoms with Gasteiger partial charge in [-0.25, -0.2) is 19.3 Å². The van der Waals surface area contributed by atoms with Gasteiger partial charge in [0, 0.05) is 43.1 Å². The molecular weight excluding hydrogens is 396 g/mol. The van der Waals surface area contributed by atoms with Crippen LogP contribution in [0.25, 0.3) is 28.2 Å². The SMILES string of the molecule is COc1ccc2c(-c3nccc(-n4cc(CCO)cn4)n3)nn(C3CCCCO3)c2c1. The molecule has 0 spiro atoms. The fourth-order valence-corrected chi connectivity index (χ4v) is 3.88. The summed E-state index contributed by atoms with van der Waals surface area (Å²) in [6.45, 7) is 0.809. The van der Waals surface area contributed by atoms with Crippen molar-refractivity contribution in [2.24, 2.45) is 0 Å². The van der Waals surface area contributed by atoms with Crippen molar-refractivity contribution in [1.29, 1.82) is 0 Å². The molecule has 0 saturated carbocycles. The van der Waals surface area contributed by atoms with Crippen LogP contribution in [0.3, 0.4) is 0 Å². The zero-order chi connectivity index (χ0) is 21.2.